The van der Waals surface area contributed by atoms with E-state index < -0.39 is 11.4 Å². The number of aliphatic hydroxyl groups excluding tert-OH is 2. The molecule has 12 rings (SSSR count). The number of hydrogen-bond donors (Lipinski definition) is 2. The molecule has 10 aliphatic rings. The van der Waals surface area contributed by atoms with E-state index in [1.54, 1.807) is 0 Å². The molecule has 2 saturated carbocycles. The van der Waals surface area contributed by atoms with E-state index >= 15 is 0 Å². The zero-order chi connectivity index (χ0) is 31.3. The number of hydrogen-bond acceptors (Lipinski definition) is 5. The van der Waals surface area contributed by atoms with Crippen molar-refractivity contribution >= 4 is 11.4 Å². The molecule has 6 bridgehead atoms. The average molecular weight is 629 g/mol. The highest BCUT2D eigenvalue weighted by molar-refractivity contribution is 5.82. The largest absolute Gasteiger partial charge is 0.392 e. The smallest absolute Gasteiger partial charge is 0.188 e. The molecule has 2 unspecified atom stereocenters. The van der Waals surface area contributed by atoms with E-state index in [1.807, 2.05) is 0 Å². The number of ether oxygens (including phenoxy) is 1. The van der Waals surface area contributed by atoms with Gasteiger partial charge in [-0.3, -0.25) is 0 Å². The molecule has 0 radical (unpaired) electrons. The minimum atomic E-state index is -0.636. The van der Waals surface area contributed by atoms with Crippen LogP contribution in [0.2, 0.25) is 0 Å². The van der Waals surface area contributed by atoms with Gasteiger partial charge in [0.25, 0.3) is 0 Å². The maximum absolute atomic E-state index is 10.4. The van der Waals surface area contributed by atoms with Crippen molar-refractivity contribution in [2.24, 2.45) is 11.8 Å². The van der Waals surface area contributed by atoms with Gasteiger partial charge in [0, 0.05) is 72.4 Å². The molecule has 0 aromatic heterocycles. The van der Waals surface area contributed by atoms with Crippen LogP contribution in [0.5, 0.6) is 0 Å². The molecule has 4 spiro atoms. The van der Waals surface area contributed by atoms with Crippen LogP contribution in [0.1, 0.15) is 36.8 Å². The van der Waals surface area contributed by atoms with Crippen LogP contribution in [0.15, 0.2) is 95.4 Å². The number of benzene rings is 2. The Kier molecular flexibility index (Phi) is 4.44. The summed E-state index contributed by atoms with van der Waals surface area (Å²) in [6, 6.07) is 19.4. The fourth-order valence-corrected chi connectivity index (χ4v) is 14.5. The number of piperidine rings is 2. The van der Waals surface area contributed by atoms with E-state index in [1.165, 1.54) is 44.8 Å². The molecular weight excluding hydrogens is 584 g/mol. The minimum absolute atomic E-state index is 0.0796. The monoisotopic (exact) mass is 628 g/mol. The predicted molar refractivity (Wildman–Crippen MR) is 179 cm³/mol. The molecule has 10 atom stereocenters. The van der Waals surface area contributed by atoms with Crippen molar-refractivity contribution in [3.8, 4) is 0 Å². The van der Waals surface area contributed by atoms with Gasteiger partial charge in [0.05, 0.1) is 40.4 Å². The zero-order valence-electron chi connectivity index (χ0n) is 27.4. The lowest BCUT2D eigenvalue weighted by Gasteiger charge is -2.70. The summed E-state index contributed by atoms with van der Waals surface area (Å²) in [7, 11) is 4.97. The van der Waals surface area contributed by atoms with Gasteiger partial charge >= 0.3 is 0 Å². The van der Waals surface area contributed by atoms with E-state index in [0.717, 1.165) is 60.8 Å². The molecule has 2 N–H and O–H groups in total. The normalized spacial score (nSPS) is 49.4. The summed E-state index contributed by atoms with van der Waals surface area (Å²) in [6.45, 7) is 4.38. The van der Waals surface area contributed by atoms with Gasteiger partial charge in [-0.1, -0.05) is 48.6 Å². The second-order valence-corrected chi connectivity index (χ2v) is 17.0. The summed E-state index contributed by atoms with van der Waals surface area (Å²) < 4.78 is 10.7. The van der Waals surface area contributed by atoms with E-state index in [0.29, 0.717) is 12.1 Å². The number of rotatable bonds is 2. The summed E-state index contributed by atoms with van der Waals surface area (Å²) in [5.41, 5.74) is 9.50. The number of likely N-dealkylation sites (N-methyl/N-ethyl adjacent to an activating group) is 2. The Hall–Kier alpha value is -3.20. The Bertz CT molecular complexity index is 1840. The van der Waals surface area contributed by atoms with Gasteiger partial charge in [-0.2, -0.15) is 0 Å². The molecule has 2 aliphatic carbocycles. The Morgan fingerprint density at radius 1 is 0.723 bits per heavy atom. The Morgan fingerprint density at radius 3 is 1.62 bits per heavy atom. The lowest BCUT2D eigenvalue weighted by atomic mass is 9.51. The van der Waals surface area contributed by atoms with Crippen molar-refractivity contribution in [2.75, 3.05) is 63.3 Å². The molecule has 7 nitrogen and oxygen atoms in total. The third-order valence-electron chi connectivity index (χ3n) is 15.8. The van der Waals surface area contributed by atoms with Crippen LogP contribution >= 0.6 is 0 Å². The molecule has 240 valence electrons. The van der Waals surface area contributed by atoms with Gasteiger partial charge < -0.3 is 33.7 Å². The van der Waals surface area contributed by atoms with E-state index in [9.17, 15) is 10.2 Å². The van der Waals surface area contributed by atoms with Crippen LogP contribution < -0.4 is 9.80 Å². The van der Waals surface area contributed by atoms with Crippen LogP contribution in [0, 0.1) is 11.8 Å². The minimum Gasteiger partial charge on any atom is -0.392 e. The van der Waals surface area contributed by atoms with Crippen molar-refractivity contribution in [1.29, 1.82) is 0 Å². The van der Waals surface area contributed by atoms with Crippen molar-refractivity contribution in [3.63, 3.8) is 0 Å². The predicted octanol–water partition coefficient (Wildman–Crippen LogP) is 4.05. The van der Waals surface area contributed by atoms with Crippen LogP contribution in [-0.2, 0) is 15.6 Å². The number of fused-ring (bicyclic) bond motifs is 8. The summed E-state index contributed by atoms with van der Waals surface area (Å²) in [5, 5.41) is 20.7. The first kappa shape index (κ1) is 26.7. The van der Waals surface area contributed by atoms with Gasteiger partial charge in [0.15, 0.2) is 11.4 Å². The Morgan fingerprint density at radius 2 is 1.17 bits per heavy atom. The third-order valence-corrected chi connectivity index (χ3v) is 15.8. The molecule has 0 amide bonds. The standard InChI is InChI=1S/C40H44N4O3/c1-43-15-13-37-29-7-3-5-9-33(29)41-22-32-28-20-36-38(14-16-44(36,2)24-26(28)12-18-46)30-8-4-6-10-34(30)42-21-31(39(37,41)47-40(32,38)42)27(19-35(37)43)25(23-43)11-17-45/h3-12,21-22,27-28,35-36,45-46H,13-20,23-24H2,1-2H3/q+2/b25-11-,26-12-/t27-,28-,35-,36-,37-,38-,39+,40+,43?,44?/m0/s1. The Balaban J connectivity index is 1.24. The molecule has 6 fully saturated rings. The molecule has 2 aromatic carbocycles. The van der Waals surface area contributed by atoms with Crippen LogP contribution in [0.3, 0.4) is 0 Å². The van der Waals surface area contributed by atoms with Crippen molar-refractivity contribution < 1.29 is 23.9 Å². The number of para-hydroxylation sites is 2. The number of anilines is 2. The van der Waals surface area contributed by atoms with E-state index in [4.69, 9.17) is 4.74 Å². The maximum atomic E-state index is 10.4. The molecule has 7 heteroatoms. The summed E-state index contributed by atoms with van der Waals surface area (Å²) in [4.78, 5) is 5.27. The fraction of sp³-hybridized carbons (Fsp3) is 0.500. The van der Waals surface area contributed by atoms with E-state index in [-0.39, 0.29) is 35.9 Å². The van der Waals surface area contributed by atoms with Gasteiger partial charge in [-0.05, 0) is 34.4 Å². The number of nitrogens with zero attached hydrogens (tertiary/aromatic N) is 4. The van der Waals surface area contributed by atoms with Crippen LogP contribution in [0.4, 0.5) is 11.4 Å². The first-order chi connectivity index (χ1) is 22.8. The number of quaternary nitrogens is 2. The molecule has 8 aliphatic heterocycles. The molecule has 47 heavy (non-hydrogen) atoms. The second-order valence-electron chi connectivity index (χ2n) is 17.0. The first-order valence-corrected chi connectivity index (χ1v) is 18.0. The zero-order valence-corrected chi connectivity index (χ0v) is 27.4. The van der Waals surface area contributed by atoms with Crippen molar-refractivity contribution in [3.05, 3.63) is 107 Å². The van der Waals surface area contributed by atoms with E-state index in [2.05, 4.69) is 97.0 Å². The molecular formula is C40H44N4O3+2. The maximum Gasteiger partial charge on any atom is 0.188 e. The molecule has 4 saturated heterocycles. The lowest BCUT2D eigenvalue weighted by molar-refractivity contribution is -0.925. The van der Waals surface area contributed by atoms with Gasteiger partial charge in [0.1, 0.15) is 36.0 Å². The highest BCUT2D eigenvalue weighted by atomic mass is 16.6. The summed E-state index contributed by atoms with van der Waals surface area (Å²) >= 11 is 0. The van der Waals surface area contributed by atoms with Crippen molar-refractivity contribution in [2.45, 2.75) is 60.0 Å². The fourth-order valence-electron chi connectivity index (χ4n) is 14.5. The molecule has 8 heterocycles. The van der Waals surface area contributed by atoms with Crippen molar-refractivity contribution in [1.82, 2.24) is 0 Å². The molecule has 2 aromatic rings. The summed E-state index contributed by atoms with van der Waals surface area (Å²) in [6.07, 6.45) is 13.8. The van der Waals surface area contributed by atoms with Gasteiger partial charge in [-0.25, -0.2) is 0 Å². The summed E-state index contributed by atoms with van der Waals surface area (Å²) in [5.74, 6) is 0.463. The lowest BCUT2D eigenvalue weighted by Crippen LogP contribution is -2.83. The average Bonchev–Trinajstić information content (AvgIpc) is 3.73. The highest BCUT2D eigenvalue weighted by Crippen LogP contribution is 2.79. The topological polar surface area (TPSA) is 56.2 Å². The third kappa shape index (κ3) is 2.39. The van der Waals surface area contributed by atoms with Gasteiger partial charge in [-0.15, -0.1) is 0 Å². The van der Waals surface area contributed by atoms with Crippen LogP contribution in [-0.4, -0.2) is 96.2 Å². The second kappa shape index (κ2) is 7.82. The first-order valence-electron chi connectivity index (χ1n) is 18.0. The highest BCUT2D eigenvalue weighted by Gasteiger charge is 2.88. The Labute approximate surface area is 276 Å². The van der Waals surface area contributed by atoms with Crippen LogP contribution in [0.25, 0.3) is 0 Å². The SMILES string of the molecule is C[N+]12CC[C@]34c5ccccc5N5C=C6[C@H]7C[C@H]8[C@]9(CC[N+]8(C)C/C7=C/CO)c7ccccc7N7C=C([C@@H](C[C@@H]31)/C(=C\CO)C2)[C@]54O[C@@]679. The quantitative estimate of drug-likeness (QED) is 0.389. The number of aliphatic hydroxyl groups is 2. The van der Waals surface area contributed by atoms with Gasteiger partial charge in [0.2, 0.25) is 0 Å².